The topological polar surface area (TPSA) is 38.0 Å². The number of hydrogen-bond acceptors (Lipinski definition) is 2. The molecule has 1 aromatic carbocycles. The zero-order chi connectivity index (χ0) is 12.1. The van der Waals surface area contributed by atoms with Crippen molar-refractivity contribution in [2.75, 3.05) is 0 Å². The molecular weight excluding hydrogens is 208 g/mol. The molecule has 2 heteroatoms. The molecule has 0 heterocycles. The van der Waals surface area contributed by atoms with E-state index < -0.39 is 0 Å². The number of hydrazine groups is 1. The quantitative estimate of drug-likeness (QED) is 0.605. The van der Waals surface area contributed by atoms with Crippen LogP contribution >= 0.6 is 0 Å². The van der Waals surface area contributed by atoms with E-state index in [1.165, 1.54) is 43.2 Å². The first-order chi connectivity index (χ1) is 8.29. The van der Waals surface area contributed by atoms with Gasteiger partial charge in [0.05, 0.1) is 0 Å². The van der Waals surface area contributed by atoms with Crippen LogP contribution in [0.2, 0.25) is 0 Å². The van der Waals surface area contributed by atoms with Gasteiger partial charge in [-0.15, -0.1) is 0 Å². The summed E-state index contributed by atoms with van der Waals surface area (Å²) in [4.78, 5) is 0. The Labute approximate surface area is 105 Å². The first-order valence-corrected chi connectivity index (χ1v) is 6.80. The summed E-state index contributed by atoms with van der Waals surface area (Å²) in [7, 11) is 0. The number of rotatable bonds is 5. The molecule has 1 aliphatic carbocycles. The van der Waals surface area contributed by atoms with E-state index in [0.717, 1.165) is 12.3 Å². The maximum absolute atomic E-state index is 5.70. The summed E-state index contributed by atoms with van der Waals surface area (Å²) in [6, 6.07) is 9.04. The van der Waals surface area contributed by atoms with Gasteiger partial charge in [0.15, 0.2) is 0 Å². The van der Waals surface area contributed by atoms with E-state index in [0.29, 0.717) is 6.04 Å². The summed E-state index contributed by atoms with van der Waals surface area (Å²) in [6.45, 7) is 2.18. The molecule has 1 aromatic rings. The number of nitrogens with one attached hydrogen (secondary N) is 1. The van der Waals surface area contributed by atoms with Gasteiger partial charge in [0, 0.05) is 6.04 Å². The van der Waals surface area contributed by atoms with E-state index >= 15 is 0 Å². The fourth-order valence-corrected chi connectivity index (χ4v) is 2.96. The third-order valence-electron chi connectivity index (χ3n) is 4.06. The second kappa shape index (κ2) is 6.18. The van der Waals surface area contributed by atoms with E-state index in [9.17, 15) is 0 Å². The van der Waals surface area contributed by atoms with Crippen LogP contribution in [0.1, 0.15) is 43.2 Å². The minimum absolute atomic E-state index is 0.430. The average Bonchev–Trinajstić information content (AvgIpc) is 2.84. The Balaban J connectivity index is 1.92. The molecule has 0 bridgehead atoms. The second-order valence-electron chi connectivity index (χ2n) is 5.38. The van der Waals surface area contributed by atoms with Gasteiger partial charge >= 0.3 is 0 Å². The molecule has 1 atom stereocenters. The summed E-state index contributed by atoms with van der Waals surface area (Å²) in [5.41, 5.74) is 5.80. The van der Waals surface area contributed by atoms with Crippen LogP contribution in [0.4, 0.5) is 0 Å². The van der Waals surface area contributed by atoms with Crippen molar-refractivity contribution >= 4 is 0 Å². The van der Waals surface area contributed by atoms with Gasteiger partial charge in [0.1, 0.15) is 0 Å². The van der Waals surface area contributed by atoms with Crippen molar-refractivity contribution in [1.29, 1.82) is 0 Å². The molecule has 1 fully saturated rings. The summed E-state index contributed by atoms with van der Waals surface area (Å²) in [6.07, 6.45) is 7.89. The van der Waals surface area contributed by atoms with Crippen LogP contribution in [0.15, 0.2) is 24.3 Å². The van der Waals surface area contributed by atoms with Crippen molar-refractivity contribution in [2.24, 2.45) is 11.8 Å². The van der Waals surface area contributed by atoms with Crippen LogP contribution < -0.4 is 11.3 Å². The van der Waals surface area contributed by atoms with Gasteiger partial charge in [-0.1, -0.05) is 49.9 Å². The zero-order valence-electron chi connectivity index (χ0n) is 10.8. The number of benzene rings is 1. The lowest BCUT2D eigenvalue weighted by molar-refractivity contribution is 0.389. The lowest BCUT2D eigenvalue weighted by Crippen LogP contribution is -2.38. The van der Waals surface area contributed by atoms with E-state index in [-0.39, 0.29) is 0 Å². The van der Waals surface area contributed by atoms with Crippen molar-refractivity contribution in [2.45, 2.75) is 51.5 Å². The first-order valence-electron chi connectivity index (χ1n) is 6.80. The predicted molar refractivity (Wildman–Crippen MR) is 72.6 cm³/mol. The molecule has 2 nitrogen and oxygen atoms in total. The molecule has 94 valence electrons. The van der Waals surface area contributed by atoms with Gasteiger partial charge in [-0.25, -0.2) is 0 Å². The number of hydrogen-bond donors (Lipinski definition) is 2. The Hall–Kier alpha value is -0.860. The van der Waals surface area contributed by atoms with Gasteiger partial charge in [-0.3, -0.25) is 11.3 Å². The molecule has 0 spiro atoms. The maximum atomic E-state index is 5.70. The normalized spacial score (nSPS) is 18.5. The Bertz CT molecular complexity index is 343. The molecule has 3 N–H and O–H groups in total. The molecule has 1 saturated carbocycles. The highest BCUT2D eigenvalue weighted by atomic mass is 15.2. The van der Waals surface area contributed by atoms with Gasteiger partial charge in [-0.05, 0) is 36.8 Å². The molecule has 1 unspecified atom stereocenters. The molecule has 0 radical (unpaired) electrons. The lowest BCUT2D eigenvalue weighted by Gasteiger charge is -2.20. The molecule has 0 aromatic heterocycles. The van der Waals surface area contributed by atoms with Crippen molar-refractivity contribution in [3.05, 3.63) is 35.4 Å². The van der Waals surface area contributed by atoms with Crippen molar-refractivity contribution in [1.82, 2.24) is 5.43 Å². The van der Waals surface area contributed by atoms with Gasteiger partial charge < -0.3 is 0 Å². The number of aryl methyl sites for hydroxylation is 1. The largest absolute Gasteiger partial charge is 0.271 e. The lowest BCUT2D eigenvalue weighted by atomic mass is 9.93. The Kier molecular flexibility index (Phi) is 4.57. The van der Waals surface area contributed by atoms with Crippen LogP contribution in [0.25, 0.3) is 0 Å². The van der Waals surface area contributed by atoms with Crippen LogP contribution in [-0.2, 0) is 6.42 Å². The summed E-state index contributed by atoms with van der Waals surface area (Å²) in [5.74, 6) is 6.59. The highest BCUT2D eigenvalue weighted by Gasteiger charge is 2.19. The maximum Gasteiger partial charge on any atom is 0.0253 e. The molecule has 17 heavy (non-hydrogen) atoms. The Morgan fingerprint density at radius 3 is 2.65 bits per heavy atom. The second-order valence-corrected chi connectivity index (χ2v) is 5.38. The highest BCUT2D eigenvalue weighted by Crippen LogP contribution is 2.29. The fraction of sp³-hybridized carbons (Fsp3) is 0.600. The average molecular weight is 232 g/mol. The fourth-order valence-electron chi connectivity index (χ4n) is 2.96. The van der Waals surface area contributed by atoms with Crippen molar-refractivity contribution in [3.63, 3.8) is 0 Å². The Morgan fingerprint density at radius 2 is 2.00 bits per heavy atom. The third kappa shape index (κ3) is 3.55. The first kappa shape index (κ1) is 12.6. The van der Waals surface area contributed by atoms with E-state index in [1.807, 2.05) is 0 Å². The van der Waals surface area contributed by atoms with E-state index in [1.54, 1.807) is 0 Å². The number of nitrogens with two attached hydrogens (primary N) is 1. The van der Waals surface area contributed by atoms with Crippen LogP contribution in [0.5, 0.6) is 0 Å². The van der Waals surface area contributed by atoms with E-state index in [4.69, 9.17) is 5.84 Å². The minimum atomic E-state index is 0.430. The van der Waals surface area contributed by atoms with E-state index in [2.05, 4.69) is 36.6 Å². The standard InChI is InChI=1S/C15H24N2/c1-12-6-2-5-9-14(12)11-15(17-16)10-13-7-3-4-8-13/h2,5-6,9,13,15,17H,3-4,7-8,10-11,16H2,1H3. The third-order valence-corrected chi connectivity index (χ3v) is 4.06. The van der Waals surface area contributed by atoms with Gasteiger partial charge in [0.2, 0.25) is 0 Å². The molecule has 1 aliphatic rings. The monoisotopic (exact) mass is 232 g/mol. The van der Waals surface area contributed by atoms with Crippen molar-refractivity contribution in [3.8, 4) is 0 Å². The van der Waals surface area contributed by atoms with Crippen LogP contribution in [-0.4, -0.2) is 6.04 Å². The predicted octanol–water partition coefficient (Wildman–Crippen LogP) is 2.95. The summed E-state index contributed by atoms with van der Waals surface area (Å²) >= 11 is 0. The molecule has 2 rings (SSSR count). The Morgan fingerprint density at radius 1 is 1.29 bits per heavy atom. The minimum Gasteiger partial charge on any atom is -0.271 e. The molecule has 0 amide bonds. The van der Waals surface area contributed by atoms with Gasteiger partial charge in [-0.2, -0.15) is 0 Å². The summed E-state index contributed by atoms with van der Waals surface area (Å²) < 4.78 is 0. The molecule has 0 saturated heterocycles. The highest BCUT2D eigenvalue weighted by molar-refractivity contribution is 5.26. The molecular formula is C15H24N2. The zero-order valence-corrected chi connectivity index (χ0v) is 10.8. The SMILES string of the molecule is Cc1ccccc1CC(CC1CCCC1)NN. The van der Waals surface area contributed by atoms with Crippen LogP contribution in [0, 0.1) is 12.8 Å². The van der Waals surface area contributed by atoms with Gasteiger partial charge in [0.25, 0.3) is 0 Å². The van der Waals surface area contributed by atoms with Crippen molar-refractivity contribution < 1.29 is 0 Å². The smallest absolute Gasteiger partial charge is 0.0253 e. The summed E-state index contributed by atoms with van der Waals surface area (Å²) in [5, 5.41) is 0. The molecule has 0 aliphatic heterocycles. The van der Waals surface area contributed by atoms with Crippen LogP contribution in [0.3, 0.4) is 0 Å².